The molecule has 9 heteroatoms. The molecule has 0 heterocycles. The Morgan fingerprint density at radius 2 is 1.47 bits per heavy atom. The molecule has 0 aromatic rings. The van der Waals surface area contributed by atoms with Crippen LogP contribution in [-0.4, -0.2) is 47.7 Å². The maximum atomic E-state index is 8.96. The van der Waals surface area contributed by atoms with E-state index >= 15 is 0 Å². The van der Waals surface area contributed by atoms with Crippen molar-refractivity contribution in [2.24, 2.45) is 0 Å². The van der Waals surface area contributed by atoms with Crippen molar-refractivity contribution in [3.05, 3.63) is 0 Å². The van der Waals surface area contributed by atoms with Crippen molar-refractivity contribution in [1.29, 1.82) is 0 Å². The zero-order chi connectivity index (χ0) is 12.9. The third kappa shape index (κ3) is 14.5. The minimum Gasteiger partial charge on any atom is -0.379 e. The second-order valence-electron chi connectivity index (χ2n) is 2.98. The molecule has 1 atom stereocenters. The minimum atomic E-state index is -2.58. The molecule has 0 aromatic heterocycles. The van der Waals surface area contributed by atoms with Crippen molar-refractivity contribution in [2.45, 2.75) is 19.8 Å². The van der Waals surface area contributed by atoms with Gasteiger partial charge in [0.25, 0.3) is 0 Å². The fraction of sp³-hybridized carbons (Fsp3) is 1.00. The summed E-state index contributed by atoms with van der Waals surface area (Å²) in [5, 5.41) is 0. The highest BCUT2D eigenvalue weighted by Crippen LogP contribution is 2.45. The van der Waals surface area contributed by atoms with Gasteiger partial charge in [-0.15, -0.1) is 0 Å². The first-order chi connectivity index (χ1) is 8.16. The van der Waals surface area contributed by atoms with Crippen LogP contribution >= 0.6 is 17.2 Å². The number of rotatable bonds is 12. The third-order valence-corrected chi connectivity index (χ3v) is 3.13. The Balaban J connectivity index is 3.07. The van der Waals surface area contributed by atoms with Crippen LogP contribution < -0.4 is 0 Å². The van der Waals surface area contributed by atoms with Crippen LogP contribution in [0.15, 0.2) is 0 Å². The highest BCUT2D eigenvalue weighted by atomic mass is 31.2. The number of unbranched alkanes of at least 4 members (excludes halogenated alkanes) is 1. The normalized spacial score (nSPS) is 13.2. The Morgan fingerprint density at radius 1 is 0.882 bits per heavy atom. The lowest BCUT2D eigenvalue weighted by molar-refractivity contribution is 0.0343. The first-order valence-corrected chi connectivity index (χ1v) is 7.59. The quantitative estimate of drug-likeness (QED) is 0.368. The highest BCUT2D eigenvalue weighted by molar-refractivity contribution is 7.54. The van der Waals surface area contributed by atoms with E-state index in [9.17, 15) is 0 Å². The second kappa shape index (κ2) is 13.0. The first kappa shape index (κ1) is 17.6. The molecule has 0 aromatic carbocycles. The summed E-state index contributed by atoms with van der Waals surface area (Å²) in [6.45, 7) is 4.24. The molecule has 0 rings (SSSR count). The van der Waals surface area contributed by atoms with Crippen molar-refractivity contribution < 1.29 is 33.0 Å². The van der Waals surface area contributed by atoms with E-state index in [0.717, 1.165) is 19.4 Å². The van der Waals surface area contributed by atoms with E-state index in [-0.39, 0.29) is 13.2 Å². The molecule has 1 unspecified atom stereocenters. The molecule has 3 N–H and O–H groups in total. The van der Waals surface area contributed by atoms with E-state index in [4.69, 9.17) is 28.7 Å². The molecule has 104 valence electrons. The molecular formula is C8H20O7P2. The van der Waals surface area contributed by atoms with Crippen LogP contribution in [0.5, 0.6) is 0 Å². The Labute approximate surface area is 104 Å². The summed E-state index contributed by atoms with van der Waals surface area (Å²) in [4.78, 5) is 25.7. The van der Waals surface area contributed by atoms with Crippen LogP contribution in [0.3, 0.4) is 0 Å². The van der Waals surface area contributed by atoms with Crippen LogP contribution in [0.25, 0.3) is 0 Å². The number of hydrogen-bond donors (Lipinski definition) is 3. The first-order valence-electron chi connectivity index (χ1n) is 5.30. The fourth-order valence-electron chi connectivity index (χ4n) is 0.829. The molecule has 0 saturated heterocycles. The lowest BCUT2D eigenvalue weighted by atomic mass is 10.4. The molecule has 0 aliphatic rings. The molecule has 17 heavy (non-hydrogen) atoms. The van der Waals surface area contributed by atoms with Crippen LogP contribution in [-0.2, 0) is 18.3 Å². The van der Waals surface area contributed by atoms with Gasteiger partial charge in [0.05, 0.1) is 26.4 Å². The van der Waals surface area contributed by atoms with Gasteiger partial charge in [0, 0.05) is 6.61 Å². The smallest absolute Gasteiger partial charge is 0.337 e. The monoisotopic (exact) mass is 290 g/mol. The fourth-order valence-corrected chi connectivity index (χ4v) is 1.75. The van der Waals surface area contributed by atoms with Gasteiger partial charge in [-0.1, -0.05) is 13.3 Å². The molecular weight excluding hydrogens is 270 g/mol. The molecule has 0 aliphatic carbocycles. The van der Waals surface area contributed by atoms with E-state index in [0.29, 0.717) is 13.2 Å². The highest BCUT2D eigenvalue weighted by Gasteiger charge is 2.12. The zero-order valence-corrected chi connectivity index (χ0v) is 11.6. The summed E-state index contributed by atoms with van der Waals surface area (Å²) in [5.41, 5.74) is 0. The molecule has 0 spiro atoms. The van der Waals surface area contributed by atoms with Gasteiger partial charge in [0.15, 0.2) is 0 Å². The van der Waals surface area contributed by atoms with Crippen molar-refractivity contribution in [2.75, 3.05) is 33.0 Å². The van der Waals surface area contributed by atoms with E-state index in [1.807, 2.05) is 0 Å². The standard InChI is InChI=1S/C8H20O7P2/c1-2-3-4-12-5-6-13-7-8-14-17(11)15-16(9)10/h9-11H,2-8H2,1H3. The van der Waals surface area contributed by atoms with Crippen molar-refractivity contribution in [3.63, 3.8) is 0 Å². The molecule has 0 radical (unpaired) electrons. The molecule has 7 nitrogen and oxygen atoms in total. The summed E-state index contributed by atoms with van der Waals surface area (Å²) in [5.74, 6) is 0. The summed E-state index contributed by atoms with van der Waals surface area (Å²) in [6.07, 6.45) is 2.15. The molecule has 0 bridgehead atoms. The van der Waals surface area contributed by atoms with Gasteiger partial charge in [-0.3, -0.25) is 0 Å². The lowest BCUT2D eigenvalue weighted by Crippen LogP contribution is -2.08. The second-order valence-corrected chi connectivity index (χ2v) is 4.88. The Kier molecular flexibility index (Phi) is 13.5. The van der Waals surface area contributed by atoms with Crippen LogP contribution in [0.4, 0.5) is 0 Å². The van der Waals surface area contributed by atoms with Gasteiger partial charge >= 0.3 is 17.2 Å². The van der Waals surface area contributed by atoms with Gasteiger partial charge in [0.2, 0.25) is 0 Å². The predicted molar refractivity (Wildman–Crippen MR) is 64.1 cm³/mol. The van der Waals surface area contributed by atoms with Crippen molar-refractivity contribution in [3.8, 4) is 0 Å². The van der Waals surface area contributed by atoms with E-state index in [1.54, 1.807) is 0 Å². The van der Waals surface area contributed by atoms with Gasteiger partial charge in [-0.25, -0.2) is 4.31 Å². The van der Waals surface area contributed by atoms with Gasteiger partial charge in [-0.2, -0.15) is 0 Å². The number of ether oxygens (including phenoxy) is 2. The summed E-state index contributed by atoms with van der Waals surface area (Å²) in [7, 11) is -4.82. The molecule has 0 saturated carbocycles. The van der Waals surface area contributed by atoms with Gasteiger partial charge in [0.1, 0.15) is 0 Å². The van der Waals surface area contributed by atoms with Crippen molar-refractivity contribution in [1.82, 2.24) is 0 Å². The number of hydrogen-bond acceptors (Lipinski definition) is 7. The van der Waals surface area contributed by atoms with E-state index < -0.39 is 17.2 Å². The minimum absolute atomic E-state index is 0.125. The lowest BCUT2D eigenvalue weighted by Gasteiger charge is -2.10. The zero-order valence-electron chi connectivity index (χ0n) is 9.82. The Morgan fingerprint density at radius 3 is 2.06 bits per heavy atom. The largest absolute Gasteiger partial charge is 0.379 e. The van der Waals surface area contributed by atoms with E-state index in [2.05, 4.69) is 11.2 Å². The molecule has 0 fully saturated rings. The SMILES string of the molecule is CCCCOCCOCCOP(O)OP(O)O. The van der Waals surface area contributed by atoms with Crippen LogP contribution in [0.2, 0.25) is 0 Å². The topological polar surface area (TPSA) is 97.6 Å². The van der Waals surface area contributed by atoms with Gasteiger partial charge in [-0.05, 0) is 6.42 Å². The van der Waals surface area contributed by atoms with E-state index in [1.165, 1.54) is 0 Å². The Bertz CT molecular complexity index is 161. The molecule has 0 aliphatic heterocycles. The van der Waals surface area contributed by atoms with Gasteiger partial charge < -0.3 is 28.7 Å². The third-order valence-electron chi connectivity index (χ3n) is 1.59. The average molecular weight is 290 g/mol. The Hall–Kier alpha value is 0.580. The molecule has 0 amide bonds. The summed E-state index contributed by atoms with van der Waals surface area (Å²) in [6, 6.07) is 0. The maximum absolute atomic E-state index is 8.96. The summed E-state index contributed by atoms with van der Waals surface area (Å²) < 4.78 is 19.3. The summed E-state index contributed by atoms with van der Waals surface area (Å²) >= 11 is 0. The predicted octanol–water partition coefficient (Wildman–Crippen LogP) is 1.28. The maximum Gasteiger partial charge on any atom is 0.337 e. The van der Waals surface area contributed by atoms with Crippen LogP contribution in [0, 0.1) is 0 Å². The average Bonchev–Trinajstić information content (AvgIpc) is 2.26. The van der Waals surface area contributed by atoms with Crippen molar-refractivity contribution >= 4 is 17.2 Å². The van der Waals surface area contributed by atoms with Crippen LogP contribution in [0.1, 0.15) is 19.8 Å².